The number of amides is 1. The molecule has 1 aliphatic heterocycles. The third-order valence-electron chi connectivity index (χ3n) is 5.39. The van der Waals surface area contributed by atoms with Gasteiger partial charge in [-0.25, -0.2) is 0 Å². The average molecular weight is 406 g/mol. The highest BCUT2D eigenvalue weighted by Crippen LogP contribution is 2.17. The van der Waals surface area contributed by atoms with Gasteiger partial charge in [-0.15, -0.1) is 5.10 Å². The molecule has 0 aliphatic carbocycles. The highest BCUT2D eigenvalue weighted by molar-refractivity contribution is 5.92. The Bertz CT molecular complexity index is 921. The number of rotatable bonds is 8. The molecule has 0 atom stereocenters. The molecule has 3 heterocycles. The van der Waals surface area contributed by atoms with Gasteiger partial charge in [0.1, 0.15) is 0 Å². The minimum atomic E-state index is -0.0463. The van der Waals surface area contributed by atoms with E-state index in [-0.39, 0.29) is 12.0 Å². The van der Waals surface area contributed by atoms with Crippen LogP contribution in [0.5, 0.6) is 0 Å². The number of aromatic nitrogens is 4. The first-order valence-electron chi connectivity index (χ1n) is 10.5. The monoisotopic (exact) mass is 405 g/mol. The largest absolute Gasteiger partial charge is 0.373 e. The normalized spacial score (nSPS) is 14.7. The van der Waals surface area contributed by atoms with Crippen molar-refractivity contribution in [3.63, 3.8) is 0 Å². The first kappa shape index (κ1) is 20.2. The second kappa shape index (κ2) is 10.1. The Morgan fingerprint density at radius 1 is 1.07 bits per heavy atom. The maximum atomic E-state index is 12.8. The van der Waals surface area contributed by atoms with E-state index in [1.54, 1.807) is 17.1 Å². The van der Waals surface area contributed by atoms with Crippen molar-refractivity contribution in [1.29, 1.82) is 0 Å². The molecule has 0 bridgehead atoms. The quantitative estimate of drug-likeness (QED) is 0.576. The number of piperidine rings is 1. The maximum Gasteiger partial charge on any atom is 0.276 e. The highest BCUT2D eigenvalue weighted by atomic mass is 16.5. The number of ether oxygens (including phenoxy) is 1. The minimum absolute atomic E-state index is 0.0463. The molecule has 1 aromatic carbocycles. The molecule has 1 fully saturated rings. The Balaban J connectivity index is 1.20. The summed E-state index contributed by atoms with van der Waals surface area (Å²) in [5, 5.41) is 8.23. The number of carbonyl (C=O) groups is 1. The molecule has 3 aromatic rings. The van der Waals surface area contributed by atoms with Crippen molar-refractivity contribution >= 4 is 5.91 Å². The zero-order chi connectivity index (χ0) is 20.6. The molecule has 0 N–H and O–H groups in total. The molecule has 0 unspecified atom stereocenters. The van der Waals surface area contributed by atoms with Crippen LogP contribution in [0.25, 0.3) is 0 Å². The van der Waals surface area contributed by atoms with Crippen LogP contribution in [0.3, 0.4) is 0 Å². The topological polar surface area (TPSA) is 73.1 Å². The van der Waals surface area contributed by atoms with Crippen molar-refractivity contribution in [3.8, 4) is 0 Å². The Kier molecular flexibility index (Phi) is 6.82. The van der Waals surface area contributed by atoms with Gasteiger partial charge >= 0.3 is 0 Å². The van der Waals surface area contributed by atoms with Gasteiger partial charge < -0.3 is 9.64 Å². The van der Waals surface area contributed by atoms with E-state index in [0.29, 0.717) is 25.4 Å². The minimum Gasteiger partial charge on any atom is -0.373 e. The van der Waals surface area contributed by atoms with Gasteiger partial charge in [-0.05, 0) is 42.9 Å². The lowest BCUT2D eigenvalue weighted by molar-refractivity contribution is -0.000600. The third-order valence-corrected chi connectivity index (χ3v) is 5.39. The van der Waals surface area contributed by atoms with Crippen LogP contribution in [0, 0.1) is 0 Å². The van der Waals surface area contributed by atoms with Crippen LogP contribution in [0.15, 0.2) is 61.1 Å². The zero-order valence-corrected chi connectivity index (χ0v) is 17.1. The van der Waals surface area contributed by atoms with Gasteiger partial charge in [-0.1, -0.05) is 41.6 Å². The first-order chi connectivity index (χ1) is 14.8. The van der Waals surface area contributed by atoms with Gasteiger partial charge in [0.05, 0.1) is 18.9 Å². The van der Waals surface area contributed by atoms with E-state index in [0.717, 1.165) is 37.8 Å². The van der Waals surface area contributed by atoms with Crippen LogP contribution in [0.1, 0.15) is 40.9 Å². The second-order valence-corrected chi connectivity index (χ2v) is 7.62. The van der Waals surface area contributed by atoms with Gasteiger partial charge in [0.25, 0.3) is 5.91 Å². The number of hydrogen-bond acceptors (Lipinski definition) is 5. The Morgan fingerprint density at radius 3 is 2.63 bits per heavy atom. The summed E-state index contributed by atoms with van der Waals surface area (Å²) in [7, 11) is 0. The average Bonchev–Trinajstić information content (AvgIpc) is 3.28. The number of pyridine rings is 1. The second-order valence-electron chi connectivity index (χ2n) is 7.62. The Morgan fingerprint density at radius 2 is 1.87 bits per heavy atom. The maximum absolute atomic E-state index is 12.8. The third kappa shape index (κ3) is 5.51. The molecule has 1 saturated heterocycles. The Hall–Kier alpha value is -3.06. The molecule has 0 saturated carbocycles. The molecular weight excluding hydrogens is 378 g/mol. The summed E-state index contributed by atoms with van der Waals surface area (Å²) in [4.78, 5) is 18.7. The number of hydrogen-bond donors (Lipinski definition) is 0. The molecular formula is C23H27N5O2. The van der Waals surface area contributed by atoms with E-state index in [9.17, 15) is 4.79 Å². The molecule has 1 aliphatic rings. The van der Waals surface area contributed by atoms with Gasteiger partial charge in [0.15, 0.2) is 5.69 Å². The van der Waals surface area contributed by atoms with E-state index in [1.165, 1.54) is 5.56 Å². The number of benzene rings is 1. The summed E-state index contributed by atoms with van der Waals surface area (Å²) in [5.41, 5.74) is 2.80. The fraction of sp³-hybridized carbons (Fsp3) is 0.391. The number of aryl methyl sites for hydroxylation is 2. The van der Waals surface area contributed by atoms with Crippen LogP contribution in [0.2, 0.25) is 0 Å². The summed E-state index contributed by atoms with van der Waals surface area (Å²) >= 11 is 0. The molecule has 1 amide bonds. The fourth-order valence-electron chi connectivity index (χ4n) is 3.68. The lowest BCUT2D eigenvalue weighted by atomic mass is 10.1. The number of nitrogens with zero attached hydrogens (tertiary/aromatic N) is 5. The molecule has 0 radical (unpaired) electrons. The van der Waals surface area contributed by atoms with Crippen LogP contribution < -0.4 is 0 Å². The van der Waals surface area contributed by atoms with Crippen molar-refractivity contribution in [1.82, 2.24) is 24.9 Å². The molecule has 30 heavy (non-hydrogen) atoms. The van der Waals surface area contributed by atoms with Gasteiger partial charge in [-0.3, -0.25) is 14.5 Å². The van der Waals surface area contributed by atoms with Crippen molar-refractivity contribution < 1.29 is 9.53 Å². The van der Waals surface area contributed by atoms with Crippen LogP contribution in [-0.2, 0) is 24.3 Å². The van der Waals surface area contributed by atoms with Crippen molar-refractivity contribution in [2.75, 3.05) is 13.1 Å². The Labute approximate surface area is 176 Å². The van der Waals surface area contributed by atoms with Crippen LogP contribution in [-0.4, -0.2) is 50.0 Å². The molecule has 0 spiro atoms. The summed E-state index contributed by atoms with van der Waals surface area (Å²) in [6.07, 6.45) is 9.11. The first-order valence-corrected chi connectivity index (χ1v) is 10.5. The van der Waals surface area contributed by atoms with E-state index >= 15 is 0 Å². The zero-order valence-electron chi connectivity index (χ0n) is 17.1. The lowest BCUT2D eigenvalue weighted by Gasteiger charge is -2.31. The van der Waals surface area contributed by atoms with E-state index < -0.39 is 0 Å². The summed E-state index contributed by atoms with van der Waals surface area (Å²) in [6, 6.07) is 14.3. The summed E-state index contributed by atoms with van der Waals surface area (Å²) in [6.45, 7) is 2.66. The van der Waals surface area contributed by atoms with E-state index in [2.05, 4.69) is 39.6 Å². The predicted molar refractivity (Wildman–Crippen MR) is 113 cm³/mol. The number of carbonyl (C=O) groups excluding carboxylic acids is 1. The molecule has 156 valence electrons. The predicted octanol–water partition coefficient (Wildman–Crippen LogP) is 3.13. The summed E-state index contributed by atoms with van der Waals surface area (Å²) in [5.74, 6) is -0.0463. The van der Waals surface area contributed by atoms with E-state index in [1.807, 2.05) is 29.3 Å². The van der Waals surface area contributed by atoms with Gasteiger partial charge in [0.2, 0.25) is 0 Å². The van der Waals surface area contributed by atoms with Gasteiger partial charge in [-0.2, -0.15) is 0 Å². The SMILES string of the molecule is O=C(c1cn(CCCc2ccccc2)nn1)N1CCC(OCc2cccnc2)CC1. The van der Waals surface area contributed by atoms with Crippen molar-refractivity contribution in [2.24, 2.45) is 0 Å². The van der Waals surface area contributed by atoms with Crippen LogP contribution in [0.4, 0.5) is 0 Å². The van der Waals surface area contributed by atoms with Gasteiger partial charge in [0, 0.05) is 32.0 Å². The highest BCUT2D eigenvalue weighted by Gasteiger charge is 2.25. The number of likely N-dealkylation sites (tertiary alicyclic amines) is 1. The fourth-order valence-corrected chi connectivity index (χ4v) is 3.68. The van der Waals surface area contributed by atoms with Crippen molar-refractivity contribution in [2.45, 2.75) is 44.9 Å². The lowest BCUT2D eigenvalue weighted by Crippen LogP contribution is -2.41. The molecule has 4 rings (SSSR count). The van der Waals surface area contributed by atoms with Crippen LogP contribution >= 0.6 is 0 Å². The standard InChI is InChI=1S/C23H27N5O2/c29-23(22-17-28(26-25-22)13-5-9-19-6-2-1-3-7-19)27-14-10-21(11-15-27)30-18-20-8-4-12-24-16-20/h1-4,6-8,12,16-17,21H,5,9-11,13-15,18H2. The molecule has 7 heteroatoms. The van der Waals surface area contributed by atoms with E-state index in [4.69, 9.17) is 4.74 Å². The van der Waals surface area contributed by atoms with Crippen molar-refractivity contribution in [3.05, 3.63) is 77.9 Å². The summed E-state index contributed by atoms with van der Waals surface area (Å²) < 4.78 is 7.74. The molecule has 7 nitrogen and oxygen atoms in total. The smallest absolute Gasteiger partial charge is 0.276 e. The molecule has 2 aromatic heterocycles.